The first-order valence-corrected chi connectivity index (χ1v) is 9.07. The molecule has 1 amide bonds. The van der Waals surface area contributed by atoms with Gasteiger partial charge in [0.25, 0.3) is 0 Å². The quantitative estimate of drug-likeness (QED) is 0.912. The Morgan fingerprint density at radius 1 is 1.38 bits per heavy atom. The number of benzene rings is 1. The first-order valence-electron chi connectivity index (χ1n) is 8.20. The van der Waals surface area contributed by atoms with Crippen LogP contribution in [0.25, 0.3) is 0 Å². The lowest BCUT2D eigenvalue weighted by atomic mass is 9.84. The number of thiazole rings is 1. The molecule has 5 nitrogen and oxygen atoms in total. The van der Waals surface area contributed by atoms with E-state index in [9.17, 15) is 9.59 Å². The van der Waals surface area contributed by atoms with Crippen LogP contribution in [0.2, 0.25) is 0 Å². The summed E-state index contributed by atoms with van der Waals surface area (Å²) < 4.78 is 6.31. The van der Waals surface area contributed by atoms with E-state index in [2.05, 4.69) is 10.3 Å². The van der Waals surface area contributed by atoms with Crippen LogP contribution in [0.4, 0.5) is 5.13 Å². The van der Waals surface area contributed by atoms with Crippen molar-refractivity contribution >= 4 is 28.2 Å². The topological polar surface area (TPSA) is 68.3 Å². The minimum atomic E-state index is -0.499. The summed E-state index contributed by atoms with van der Waals surface area (Å²) in [6, 6.07) is 7.42. The number of hydrogen-bond acceptors (Lipinski definition) is 5. The molecule has 1 spiro atoms. The van der Waals surface area contributed by atoms with Crippen molar-refractivity contribution < 1.29 is 14.3 Å². The maximum absolute atomic E-state index is 12.6. The number of carbonyl (C=O) groups excluding carboxylic acids is 2. The SMILES string of the molecule is O=C1C[C@]2(CC[C@@H]3[C@@H](C(=O)Nc4nccs4)[C@@H]32)Oc2ccccc21. The molecule has 0 bridgehead atoms. The highest BCUT2D eigenvalue weighted by atomic mass is 32.1. The van der Waals surface area contributed by atoms with Crippen LogP contribution < -0.4 is 10.1 Å². The Kier molecular flexibility index (Phi) is 2.89. The van der Waals surface area contributed by atoms with Crippen molar-refractivity contribution in [3.05, 3.63) is 41.4 Å². The van der Waals surface area contributed by atoms with Crippen LogP contribution in [0.1, 0.15) is 29.6 Å². The molecule has 0 radical (unpaired) electrons. The minimum absolute atomic E-state index is 0.00827. The molecular weight excluding hydrogens is 324 g/mol. The van der Waals surface area contributed by atoms with E-state index in [-0.39, 0.29) is 23.5 Å². The van der Waals surface area contributed by atoms with Gasteiger partial charge in [-0.25, -0.2) is 4.98 Å². The number of carbonyl (C=O) groups is 2. The first-order chi connectivity index (χ1) is 11.7. The second kappa shape index (κ2) is 4.89. The van der Waals surface area contributed by atoms with Crippen molar-refractivity contribution in [2.75, 3.05) is 5.32 Å². The van der Waals surface area contributed by atoms with Crippen LogP contribution in [0.15, 0.2) is 35.8 Å². The van der Waals surface area contributed by atoms with Crippen molar-refractivity contribution in [2.24, 2.45) is 17.8 Å². The highest BCUT2D eigenvalue weighted by Gasteiger charge is 2.70. The molecule has 0 saturated heterocycles. The fourth-order valence-electron chi connectivity index (χ4n) is 4.59. The zero-order valence-electron chi connectivity index (χ0n) is 12.9. The van der Waals surface area contributed by atoms with Crippen molar-refractivity contribution in [1.82, 2.24) is 4.98 Å². The standard InChI is InChI=1S/C18H16N2O3S/c21-12-9-18(23-13-4-2-1-3-10(12)13)6-5-11-14(15(11)18)16(22)20-17-19-7-8-24-17/h1-4,7-8,11,14-15H,5-6,9H2,(H,19,20,22)/t11-,14-,15-,18+/m1/s1. The summed E-state index contributed by atoms with van der Waals surface area (Å²) in [6.45, 7) is 0. The number of ether oxygens (including phenoxy) is 1. The van der Waals surface area contributed by atoms with Gasteiger partial charge < -0.3 is 10.1 Å². The van der Waals surface area contributed by atoms with Crippen LogP contribution in [-0.2, 0) is 4.79 Å². The van der Waals surface area contributed by atoms with Gasteiger partial charge in [0.05, 0.1) is 12.0 Å². The Morgan fingerprint density at radius 2 is 2.25 bits per heavy atom. The molecule has 2 fully saturated rings. The second-order valence-electron chi connectivity index (χ2n) is 6.84. The van der Waals surface area contributed by atoms with Crippen LogP contribution in [0, 0.1) is 17.8 Å². The number of fused-ring (bicyclic) bond motifs is 3. The monoisotopic (exact) mass is 340 g/mol. The molecule has 24 heavy (non-hydrogen) atoms. The van der Waals surface area contributed by atoms with Gasteiger partial charge in [-0.3, -0.25) is 9.59 Å². The average molecular weight is 340 g/mol. The number of hydrogen-bond donors (Lipinski definition) is 1. The number of aromatic nitrogens is 1. The molecular formula is C18H16N2O3S. The molecule has 1 aromatic carbocycles. The van der Waals surface area contributed by atoms with Crippen LogP contribution in [0.5, 0.6) is 5.75 Å². The third-order valence-corrected chi connectivity index (χ3v) is 6.29. The Labute approximate surface area is 143 Å². The lowest BCUT2D eigenvalue weighted by Gasteiger charge is -2.37. The predicted molar refractivity (Wildman–Crippen MR) is 89.2 cm³/mol. The number of para-hydroxylation sites is 1. The lowest BCUT2D eigenvalue weighted by molar-refractivity contribution is -0.119. The number of nitrogens with one attached hydrogen (secondary N) is 1. The number of nitrogens with zero attached hydrogens (tertiary/aromatic N) is 1. The molecule has 6 heteroatoms. The van der Waals surface area contributed by atoms with Crippen LogP contribution in [0.3, 0.4) is 0 Å². The van der Waals surface area contributed by atoms with Crippen molar-refractivity contribution in [2.45, 2.75) is 24.9 Å². The van der Waals surface area contributed by atoms with Gasteiger partial charge in [0.1, 0.15) is 11.4 Å². The third kappa shape index (κ3) is 1.95. The molecule has 2 aromatic rings. The van der Waals surface area contributed by atoms with E-state index in [1.165, 1.54) is 11.3 Å². The smallest absolute Gasteiger partial charge is 0.230 e. The summed E-state index contributed by atoms with van der Waals surface area (Å²) in [5.74, 6) is 1.19. The van der Waals surface area contributed by atoms with Gasteiger partial charge >= 0.3 is 0 Å². The molecule has 2 heterocycles. The van der Waals surface area contributed by atoms with Gasteiger partial charge in [-0.15, -0.1) is 11.3 Å². The molecule has 5 rings (SSSR count). The Hall–Kier alpha value is -2.21. The maximum Gasteiger partial charge on any atom is 0.230 e. The molecule has 3 aliphatic rings. The van der Waals surface area contributed by atoms with Gasteiger partial charge in [0.15, 0.2) is 10.9 Å². The number of anilines is 1. The van der Waals surface area contributed by atoms with Gasteiger partial charge in [-0.05, 0) is 30.9 Å². The Bertz CT molecular complexity index is 835. The maximum atomic E-state index is 12.6. The molecule has 122 valence electrons. The first kappa shape index (κ1) is 14.2. The van der Waals surface area contributed by atoms with Gasteiger partial charge in [-0.2, -0.15) is 0 Å². The average Bonchev–Trinajstić information content (AvgIpc) is 2.91. The van der Waals surface area contributed by atoms with Gasteiger partial charge in [0, 0.05) is 23.4 Å². The molecule has 2 aliphatic carbocycles. The van der Waals surface area contributed by atoms with Gasteiger partial charge in [0.2, 0.25) is 5.91 Å². The van der Waals surface area contributed by atoms with Crippen molar-refractivity contribution in [1.29, 1.82) is 0 Å². The summed E-state index contributed by atoms with van der Waals surface area (Å²) >= 11 is 1.41. The molecule has 1 N–H and O–H groups in total. The van der Waals surface area contributed by atoms with E-state index in [1.807, 2.05) is 29.6 Å². The Morgan fingerprint density at radius 3 is 3.08 bits per heavy atom. The summed E-state index contributed by atoms with van der Waals surface area (Å²) in [5.41, 5.74) is 0.164. The van der Waals surface area contributed by atoms with Crippen molar-refractivity contribution in [3.8, 4) is 5.75 Å². The summed E-state index contributed by atoms with van der Waals surface area (Å²) in [6.07, 6.45) is 3.85. The molecule has 4 atom stereocenters. The van der Waals surface area contributed by atoms with Crippen LogP contribution >= 0.6 is 11.3 Å². The molecule has 1 aliphatic heterocycles. The third-order valence-electron chi connectivity index (χ3n) is 5.60. The molecule has 2 saturated carbocycles. The van der Waals surface area contributed by atoms with E-state index in [0.717, 1.165) is 12.8 Å². The number of amides is 1. The molecule has 0 unspecified atom stereocenters. The minimum Gasteiger partial charge on any atom is -0.486 e. The summed E-state index contributed by atoms with van der Waals surface area (Å²) in [4.78, 5) is 29.2. The number of rotatable bonds is 2. The highest BCUT2D eigenvalue weighted by Crippen LogP contribution is 2.65. The zero-order chi connectivity index (χ0) is 16.3. The largest absolute Gasteiger partial charge is 0.486 e. The van der Waals surface area contributed by atoms with E-state index in [0.29, 0.717) is 28.8 Å². The highest BCUT2D eigenvalue weighted by molar-refractivity contribution is 7.13. The fourth-order valence-corrected chi connectivity index (χ4v) is 5.12. The second-order valence-corrected chi connectivity index (χ2v) is 7.74. The zero-order valence-corrected chi connectivity index (χ0v) is 13.7. The summed E-state index contributed by atoms with van der Waals surface area (Å²) in [5, 5.41) is 5.36. The Balaban J connectivity index is 1.39. The molecule has 1 aromatic heterocycles. The predicted octanol–water partition coefficient (Wildman–Crippen LogP) is 3.14. The van der Waals surface area contributed by atoms with Crippen molar-refractivity contribution in [3.63, 3.8) is 0 Å². The summed E-state index contributed by atoms with van der Waals surface area (Å²) in [7, 11) is 0. The number of Topliss-reactive ketones (excluding diaryl/α,β-unsaturated/α-hetero) is 1. The van der Waals surface area contributed by atoms with E-state index in [4.69, 9.17) is 4.74 Å². The van der Waals surface area contributed by atoms with E-state index >= 15 is 0 Å². The number of ketones is 1. The van der Waals surface area contributed by atoms with E-state index < -0.39 is 5.60 Å². The normalized spacial score (nSPS) is 32.8. The van der Waals surface area contributed by atoms with Crippen LogP contribution in [-0.4, -0.2) is 22.3 Å². The van der Waals surface area contributed by atoms with Gasteiger partial charge in [-0.1, -0.05) is 12.1 Å². The fraction of sp³-hybridized carbons (Fsp3) is 0.389. The van der Waals surface area contributed by atoms with E-state index in [1.54, 1.807) is 6.20 Å². The lowest BCUT2D eigenvalue weighted by Crippen LogP contribution is -2.44.